The van der Waals surface area contributed by atoms with Gasteiger partial charge in [0.25, 0.3) is 0 Å². The van der Waals surface area contributed by atoms with E-state index in [4.69, 9.17) is 11.6 Å². The monoisotopic (exact) mass is 151 g/mol. The van der Waals surface area contributed by atoms with Crippen LogP contribution in [-0.2, 0) is 6.42 Å². The molecule has 1 aromatic carbocycles. The first-order valence-corrected chi connectivity index (χ1v) is 3.62. The SMILES string of the molecule is CCc1cc(N)cc(NN)c1. The predicted octanol–water partition coefficient (Wildman–Crippen LogP) is 1.12. The van der Waals surface area contributed by atoms with Crippen molar-refractivity contribution in [2.45, 2.75) is 13.3 Å². The van der Waals surface area contributed by atoms with Crippen LogP contribution in [-0.4, -0.2) is 0 Å². The topological polar surface area (TPSA) is 64.1 Å². The molecule has 0 bridgehead atoms. The minimum Gasteiger partial charge on any atom is -0.399 e. The Kier molecular flexibility index (Phi) is 2.33. The fourth-order valence-electron chi connectivity index (χ4n) is 1.01. The van der Waals surface area contributed by atoms with Gasteiger partial charge in [-0.25, -0.2) is 0 Å². The molecule has 0 saturated carbocycles. The summed E-state index contributed by atoms with van der Waals surface area (Å²) in [4.78, 5) is 0. The first-order chi connectivity index (χ1) is 5.26. The summed E-state index contributed by atoms with van der Waals surface area (Å²) in [7, 11) is 0. The molecule has 0 atom stereocenters. The van der Waals surface area contributed by atoms with Crippen LogP contribution in [0.3, 0.4) is 0 Å². The van der Waals surface area contributed by atoms with Gasteiger partial charge in [-0.2, -0.15) is 0 Å². The Morgan fingerprint density at radius 2 is 2.09 bits per heavy atom. The number of anilines is 2. The summed E-state index contributed by atoms with van der Waals surface area (Å²) in [5.74, 6) is 5.24. The number of rotatable bonds is 2. The van der Waals surface area contributed by atoms with Gasteiger partial charge >= 0.3 is 0 Å². The molecule has 60 valence electrons. The highest BCUT2D eigenvalue weighted by Gasteiger charge is 1.94. The predicted molar refractivity (Wildman–Crippen MR) is 48.0 cm³/mol. The highest BCUT2D eigenvalue weighted by atomic mass is 15.2. The van der Waals surface area contributed by atoms with Crippen molar-refractivity contribution in [1.82, 2.24) is 0 Å². The third-order valence-electron chi connectivity index (χ3n) is 1.59. The van der Waals surface area contributed by atoms with Crippen molar-refractivity contribution in [2.24, 2.45) is 5.84 Å². The third kappa shape index (κ3) is 1.85. The molecule has 5 N–H and O–H groups in total. The molecule has 0 aliphatic carbocycles. The average molecular weight is 151 g/mol. The number of hydrogen-bond donors (Lipinski definition) is 3. The van der Waals surface area contributed by atoms with Crippen LogP contribution in [0.1, 0.15) is 12.5 Å². The number of aryl methyl sites for hydroxylation is 1. The van der Waals surface area contributed by atoms with E-state index >= 15 is 0 Å². The second kappa shape index (κ2) is 3.25. The summed E-state index contributed by atoms with van der Waals surface area (Å²) in [6, 6.07) is 5.73. The standard InChI is InChI=1S/C8H13N3/c1-2-6-3-7(9)5-8(4-6)11-10/h3-5,11H,2,9-10H2,1H3. The average Bonchev–Trinajstić information content (AvgIpc) is 2.03. The quantitative estimate of drug-likeness (QED) is 0.337. The van der Waals surface area contributed by atoms with Crippen LogP contribution in [0, 0.1) is 0 Å². The molecule has 1 rings (SSSR count). The lowest BCUT2D eigenvalue weighted by Gasteiger charge is -2.04. The van der Waals surface area contributed by atoms with E-state index in [0.717, 1.165) is 17.8 Å². The van der Waals surface area contributed by atoms with Gasteiger partial charge in [-0.15, -0.1) is 0 Å². The highest BCUT2D eigenvalue weighted by molar-refractivity contribution is 5.56. The second-order valence-corrected chi connectivity index (χ2v) is 2.46. The maximum Gasteiger partial charge on any atom is 0.0508 e. The van der Waals surface area contributed by atoms with Crippen molar-refractivity contribution < 1.29 is 0 Å². The van der Waals surface area contributed by atoms with Crippen LogP contribution in [0.15, 0.2) is 18.2 Å². The molecule has 11 heavy (non-hydrogen) atoms. The van der Waals surface area contributed by atoms with Crippen LogP contribution < -0.4 is 17.0 Å². The van der Waals surface area contributed by atoms with Crippen LogP contribution in [0.4, 0.5) is 11.4 Å². The zero-order valence-corrected chi connectivity index (χ0v) is 6.59. The largest absolute Gasteiger partial charge is 0.399 e. The van der Waals surface area contributed by atoms with Gasteiger partial charge in [0, 0.05) is 5.69 Å². The van der Waals surface area contributed by atoms with Crippen LogP contribution in [0.25, 0.3) is 0 Å². The maximum absolute atomic E-state index is 5.62. The molecule has 0 aromatic heterocycles. The summed E-state index contributed by atoms with van der Waals surface area (Å²) in [6.07, 6.45) is 0.972. The van der Waals surface area contributed by atoms with E-state index in [1.165, 1.54) is 5.56 Å². The van der Waals surface area contributed by atoms with Gasteiger partial charge in [-0.3, -0.25) is 5.84 Å². The van der Waals surface area contributed by atoms with Crippen molar-refractivity contribution in [3.8, 4) is 0 Å². The van der Waals surface area contributed by atoms with Crippen molar-refractivity contribution >= 4 is 11.4 Å². The van der Waals surface area contributed by atoms with E-state index in [2.05, 4.69) is 12.3 Å². The van der Waals surface area contributed by atoms with Gasteiger partial charge in [0.15, 0.2) is 0 Å². The number of hydrogen-bond acceptors (Lipinski definition) is 3. The smallest absolute Gasteiger partial charge is 0.0508 e. The van der Waals surface area contributed by atoms with Crippen LogP contribution >= 0.6 is 0 Å². The molecule has 3 nitrogen and oxygen atoms in total. The molecule has 0 amide bonds. The van der Waals surface area contributed by atoms with Crippen molar-refractivity contribution in [3.63, 3.8) is 0 Å². The molecule has 0 aliphatic rings. The first-order valence-electron chi connectivity index (χ1n) is 3.62. The summed E-state index contributed by atoms with van der Waals surface area (Å²) in [6.45, 7) is 2.08. The van der Waals surface area contributed by atoms with E-state index in [1.807, 2.05) is 12.1 Å². The van der Waals surface area contributed by atoms with Crippen LogP contribution in [0.5, 0.6) is 0 Å². The Hall–Kier alpha value is -1.22. The van der Waals surface area contributed by atoms with Crippen LogP contribution in [0.2, 0.25) is 0 Å². The number of nitrogen functional groups attached to an aromatic ring is 2. The number of benzene rings is 1. The summed E-state index contributed by atoms with van der Waals surface area (Å²) >= 11 is 0. The van der Waals surface area contributed by atoms with E-state index in [9.17, 15) is 0 Å². The fraction of sp³-hybridized carbons (Fsp3) is 0.250. The van der Waals surface area contributed by atoms with Crippen molar-refractivity contribution in [3.05, 3.63) is 23.8 Å². The molecule has 0 radical (unpaired) electrons. The molecule has 0 unspecified atom stereocenters. The van der Waals surface area contributed by atoms with Crippen molar-refractivity contribution in [2.75, 3.05) is 11.2 Å². The molecule has 0 aliphatic heterocycles. The second-order valence-electron chi connectivity index (χ2n) is 2.46. The number of hydrazine groups is 1. The number of nitrogens with two attached hydrogens (primary N) is 2. The minimum atomic E-state index is 0.748. The lowest BCUT2D eigenvalue weighted by atomic mass is 10.1. The summed E-state index contributed by atoms with van der Waals surface area (Å²) < 4.78 is 0. The van der Waals surface area contributed by atoms with Crippen molar-refractivity contribution in [1.29, 1.82) is 0 Å². The Bertz CT molecular complexity index is 223. The Morgan fingerprint density at radius 3 is 2.64 bits per heavy atom. The van der Waals surface area contributed by atoms with E-state index < -0.39 is 0 Å². The Morgan fingerprint density at radius 1 is 1.36 bits per heavy atom. The van der Waals surface area contributed by atoms with Gasteiger partial charge in [-0.1, -0.05) is 6.92 Å². The van der Waals surface area contributed by atoms with Gasteiger partial charge in [-0.05, 0) is 30.2 Å². The molecule has 0 heterocycles. The van der Waals surface area contributed by atoms with Gasteiger partial charge in [0.2, 0.25) is 0 Å². The summed E-state index contributed by atoms with van der Waals surface area (Å²) in [5.41, 5.74) is 11.0. The highest BCUT2D eigenvalue weighted by Crippen LogP contribution is 2.15. The van der Waals surface area contributed by atoms with E-state index in [1.54, 1.807) is 6.07 Å². The van der Waals surface area contributed by atoms with Gasteiger partial charge < -0.3 is 11.2 Å². The van der Waals surface area contributed by atoms with E-state index in [0.29, 0.717) is 0 Å². The normalized spacial score (nSPS) is 9.64. The zero-order valence-electron chi connectivity index (χ0n) is 6.59. The lowest BCUT2D eigenvalue weighted by Crippen LogP contribution is -2.07. The molecular weight excluding hydrogens is 138 g/mol. The van der Waals surface area contributed by atoms with E-state index in [-0.39, 0.29) is 0 Å². The molecule has 0 saturated heterocycles. The molecule has 1 aromatic rings. The third-order valence-corrected chi connectivity index (χ3v) is 1.59. The Balaban J connectivity index is 3.02. The lowest BCUT2D eigenvalue weighted by molar-refractivity contribution is 1.14. The molecule has 0 spiro atoms. The minimum absolute atomic E-state index is 0.748. The zero-order chi connectivity index (χ0) is 8.27. The molecule has 3 heteroatoms. The maximum atomic E-state index is 5.62. The van der Waals surface area contributed by atoms with Gasteiger partial charge in [0.1, 0.15) is 0 Å². The molecular formula is C8H13N3. The number of nitrogens with one attached hydrogen (secondary N) is 1. The first kappa shape index (κ1) is 7.88. The Labute approximate surface area is 66.4 Å². The van der Waals surface area contributed by atoms with Gasteiger partial charge in [0.05, 0.1) is 5.69 Å². The summed E-state index contributed by atoms with van der Waals surface area (Å²) in [5, 5.41) is 0. The fourth-order valence-corrected chi connectivity index (χ4v) is 1.01. The molecule has 0 fully saturated rings.